The van der Waals surface area contributed by atoms with Gasteiger partial charge in [-0.3, -0.25) is 9.88 Å². The highest BCUT2D eigenvalue weighted by Gasteiger charge is 2.38. The van der Waals surface area contributed by atoms with Crippen molar-refractivity contribution < 1.29 is 28.5 Å². The second kappa shape index (κ2) is 7.06. The lowest BCUT2D eigenvalue weighted by Gasteiger charge is -2.38. The van der Waals surface area contributed by atoms with Gasteiger partial charge in [0.2, 0.25) is 0 Å². The van der Waals surface area contributed by atoms with Crippen LogP contribution in [0.2, 0.25) is 0 Å². The summed E-state index contributed by atoms with van der Waals surface area (Å²) in [4.78, 5) is 7.15. The third-order valence-corrected chi connectivity index (χ3v) is 4.93. The van der Waals surface area contributed by atoms with Crippen molar-refractivity contribution in [1.29, 1.82) is 0 Å². The van der Waals surface area contributed by atoms with Gasteiger partial charge in [-0.1, -0.05) is 0 Å². The van der Waals surface area contributed by atoms with Gasteiger partial charge in [0.25, 0.3) is 0 Å². The van der Waals surface area contributed by atoms with Crippen molar-refractivity contribution in [2.75, 3.05) is 37.6 Å². The second-order valence-corrected chi connectivity index (χ2v) is 6.84. The summed E-state index contributed by atoms with van der Waals surface area (Å²) in [7, 11) is 0. The molecule has 4 atom stereocenters. The first-order chi connectivity index (χ1) is 11.8. The lowest BCUT2D eigenvalue weighted by molar-refractivity contribution is -0.137. The number of pyridine rings is 1. The van der Waals surface area contributed by atoms with Crippen molar-refractivity contribution in [1.82, 2.24) is 9.88 Å². The van der Waals surface area contributed by atoms with Crippen LogP contribution >= 0.6 is 0 Å². The van der Waals surface area contributed by atoms with Gasteiger partial charge >= 0.3 is 6.18 Å². The molecule has 2 saturated heterocycles. The largest absolute Gasteiger partial charge is 0.419 e. The Labute approximate surface area is 143 Å². The van der Waals surface area contributed by atoms with Gasteiger partial charge in [0.15, 0.2) is 0 Å². The van der Waals surface area contributed by atoms with Crippen LogP contribution in [-0.4, -0.2) is 76.2 Å². The van der Waals surface area contributed by atoms with E-state index in [1.165, 1.54) is 12.3 Å². The van der Waals surface area contributed by atoms with E-state index in [4.69, 9.17) is 0 Å². The van der Waals surface area contributed by atoms with Gasteiger partial charge in [-0.2, -0.15) is 13.2 Å². The fourth-order valence-corrected chi connectivity index (χ4v) is 3.67. The number of rotatable bonds is 3. The van der Waals surface area contributed by atoms with Gasteiger partial charge in [-0.25, -0.2) is 0 Å². The lowest BCUT2D eigenvalue weighted by atomic mass is 10.00. The van der Waals surface area contributed by atoms with Crippen LogP contribution in [0.1, 0.15) is 12.0 Å². The lowest BCUT2D eigenvalue weighted by Crippen LogP contribution is -2.56. The number of halogens is 3. The Morgan fingerprint density at radius 3 is 2.44 bits per heavy atom. The van der Waals surface area contributed by atoms with Gasteiger partial charge in [0, 0.05) is 45.1 Å². The van der Waals surface area contributed by atoms with Crippen molar-refractivity contribution in [2.24, 2.45) is 5.92 Å². The number of nitrogens with zero attached hydrogens (tertiary/aromatic N) is 3. The van der Waals surface area contributed by atoms with E-state index >= 15 is 0 Å². The van der Waals surface area contributed by atoms with E-state index in [1.54, 1.807) is 4.90 Å². The molecule has 0 spiro atoms. The number of hydrogen-bond donors (Lipinski definition) is 3. The van der Waals surface area contributed by atoms with Crippen LogP contribution in [0.5, 0.6) is 0 Å². The van der Waals surface area contributed by atoms with E-state index in [9.17, 15) is 28.5 Å². The topological polar surface area (TPSA) is 80.1 Å². The zero-order valence-electron chi connectivity index (χ0n) is 13.6. The molecule has 6 nitrogen and oxygen atoms in total. The maximum Gasteiger partial charge on any atom is 0.419 e. The number of piperidine rings is 1. The molecule has 0 saturated carbocycles. The molecule has 0 radical (unpaired) electrons. The number of aromatic nitrogens is 1. The van der Waals surface area contributed by atoms with Crippen LogP contribution in [0.15, 0.2) is 18.5 Å². The first-order valence-corrected chi connectivity index (χ1v) is 8.28. The van der Waals surface area contributed by atoms with Crippen LogP contribution in [-0.2, 0) is 6.18 Å². The molecule has 2 fully saturated rings. The molecular formula is C16H22F3N3O3. The molecule has 25 heavy (non-hydrogen) atoms. The van der Waals surface area contributed by atoms with Gasteiger partial charge in [0.05, 0.1) is 23.5 Å². The van der Waals surface area contributed by atoms with Crippen molar-refractivity contribution in [2.45, 2.75) is 30.9 Å². The highest BCUT2D eigenvalue weighted by atomic mass is 19.4. The molecule has 9 heteroatoms. The van der Waals surface area contributed by atoms with Gasteiger partial charge in [-0.15, -0.1) is 0 Å². The van der Waals surface area contributed by atoms with Crippen LogP contribution in [0.4, 0.5) is 18.9 Å². The quantitative estimate of drug-likeness (QED) is 0.720. The monoisotopic (exact) mass is 361 g/mol. The minimum absolute atomic E-state index is 0.129. The third-order valence-electron chi connectivity index (χ3n) is 4.93. The maximum atomic E-state index is 13.1. The van der Waals surface area contributed by atoms with E-state index in [2.05, 4.69) is 4.98 Å². The van der Waals surface area contributed by atoms with Crippen molar-refractivity contribution in [3.63, 3.8) is 0 Å². The van der Waals surface area contributed by atoms with Gasteiger partial charge < -0.3 is 20.2 Å². The Morgan fingerprint density at radius 2 is 1.80 bits per heavy atom. The van der Waals surface area contributed by atoms with Crippen molar-refractivity contribution >= 4 is 5.69 Å². The van der Waals surface area contributed by atoms with Crippen molar-refractivity contribution in [3.8, 4) is 0 Å². The van der Waals surface area contributed by atoms with E-state index < -0.39 is 30.1 Å². The summed E-state index contributed by atoms with van der Waals surface area (Å²) in [6, 6.07) is 1.38. The summed E-state index contributed by atoms with van der Waals surface area (Å²) in [5, 5.41) is 29.1. The molecule has 3 heterocycles. The molecule has 3 rings (SSSR count). The van der Waals surface area contributed by atoms with Crippen LogP contribution < -0.4 is 4.90 Å². The standard InChI is InChI=1S/C16H22F3N3O3/c17-16(18,19)11-5-20-3-1-12(11)22-4-2-10(7-22)6-21-8-13(23)15(25)14(24)9-21/h1,3,5,10,13-15,23-25H,2,4,6-9H2/t10-,13-,14+,15?/m0/s1. The third kappa shape index (κ3) is 4.05. The Hall–Kier alpha value is -1.42. The molecule has 1 unspecified atom stereocenters. The molecule has 3 N–H and O–H groups in total. The number of aliphatic hydroxyl groups excluding tert-OH is 3. The first-order valence-electron chi connectivity index (χ1n) is 8.28. The summed E-state index contributed by atoms with van der Waals surface area (Å²) < 4.78 is 39.4. The maximum absolute atomic E-state index is 13.1. The average molecular weight is 361 g/mol. The van der Waals surface area contributed by atoms with Crippen LogP contribution in [0.25, 0.3) is 0 Å². The van der Waals surface area contributed by atoms with Crippen LogP contribution in [0, 0.1) is 5.92 Å². The van der Waals surface area contributed by atoms with Gasteiger partial charge in [0.1, 0.15) is 6.10 Å². The molecule has 1 aromatic rings. The predicted octanol–water partition coefficient (Wildman–Crippen LogP) is 0.325. The fourth-order valence-electron chi connectivity index (χ4n) is 3.67. The van der Waals surface area contributed by atoms with Crippen molar-refractivity contribution in [3.05, 3.63) is 24.0 Å². The summed E-state index contributed by atoms with van der Waals surface area (Å²) in [6.45, 7) is 2.04. The highest BCUT2D eigenvalue weighted by molar-refractivity contribution is 5.54. The number of anilines is 1. The molecule has 2 aliphatic rings. The van der Waals surface area contributed by atoms with E-state index in [0.29, 0.717) is 19.6 Å². The molecule has 140 valence electrons. The number of alkyl halides is 3. The zero-order valence-corrected chi connectivity index (χ0v) is 13.6. The zero-order chi connectivity index (χ0) is 18.2. The normalized spacial score (nSPS) is 31.5. The Balaban J connectivity index is 1.63. The summed E-state index contributed by atoms with van der Waals surface area (Å²) in [5.41, 5.74) is -0.596. The van der Waals surface area contributed by atoms with E-state index in [-0.39, 0.29) is 24.7 Å². The smallest absolute Gasteiger partial charge is 0.389 e. The molecule has 2 aliphatic heterocycles. The minimum atomic E-state index is -4.45. The number of hydrogen-bond acceptors (Lipinski definition) is 6. The molecule has 1 aromatic heterocycles. The first kappa shape index (κ1) is 18.4. The van der Waals surface area contributed by atoms with E-state index in [0.717, 1.165) is 12.6 Å². The predicted molar refractivity (Wildman–Crippen MR) is 84.0 cm³/mol. The number of aliphatic hydroxyl groups is 3. The second-order valence-electron chi connectivity index (χ2n) is 6.84. The SMILES string of the molecule is OC1[C@H](O)CN(C[C@@H]2CCN(c3ccncc3C(F)(F)F)C2)C[C@@H]1O. The molecule has 0 aliphatic carbocycles. The molecular weight excluding hydrogens is 339 g/mol. The molecule has 0 aromatic carbocycles. The Bertz CT molecular complexity index is 589. The average Bonchev–Trinajstić information content (AvgIpc) is 3.00. The highest BCUT2D eigenvalue weighted by Crippen LogP contribution is 2.37. The summed E-state index contributed by atoms with van der Waals surface area (Å²) in [6.07, 6.45) is -4.69. The van der Waals surface area contributed by atoms with Crippen LogP contribution in [0.3, 0.4) is 0 Å². The number of likely N-dealkylation sites (tertiary alicyclic amines) is 1. The summed E-state index contributed by atoms with van der Waals surface area (Å²) >= 11 is 0. The number of β-amino-alcohol motifs (C(OH)–C–C–N with tert-alkyl or cyclic N) is 2. The Morgan fingerprint density at radius 1 is 1.12 bits per heavy atom. The summed E-state index contributed by atoms with van der Waals surface area (Å²) in [5.74, 6) is 0.129. The van der Waals surface area contributed by atoms with Gasteiger partial charge in [-0.05, 0) is 18.4 Å². The van der Waals surface area contributed by atoms with E-state index in [1.807, 2.05) is 4.90 Å². The fraction of sp³-hybridized carbons (Fsp3) is 0.688. The Kier molecular flexibility index (Phi) is 5.19. The molecule has 0 amide bonds. The molecule has 0 bridgehead atoms. The minimum Gasteiger partial charge on any atom is -0.389 e.